The Bertz CT molecular complexity index is 1660. The van der Waals surface area contributed by atoms with Gasteiger partial charge in [0.15, 0.2) is 0 Å². The van der Waals surface area contributed by atoms with Crippen molar-refractivity contribution in [3.63, 3.8) is 0 Å². The molecule has 0 radical (unpaired) electrons. The Morgan fingerprint density at radius 1 is 1.00 bits per heavy atom. The first kappa shape index (κ1) is 35.7. The fourth-order valence-electron chi connectivity index (χ4n) is 5.36. The van der Waals surface area contributed by atoms with Crippen LogP contribution in [-0.2, 0) is 16.8 Å². The lowest BCUT2D eigenvalue weighted by molar-refractivity contribution is -0.138. The standard InChI is InChI=1S/C35H36ClNO3S.C4H11N/c1-34(2,40)30-9-4-3-7-25(30)13-17-32(41-23-35(18-19-35)22-33(38)39)27-8-5-6-24(20-27)10-15-29-16-12-26-11-14-28(36)21-31(26)37-29;1-4(2,3)5/h3-12,14-16,20-21,32,40H,13,17-19,22-23H2,1-2H3,(H,38,39);5H2,1-3H3/t32-;/m1./s1. The number of fused-ring (bicyclic) bond motifs is 1. The molecule has 0 amide bonds. The van der Waals surface area contributed by atoms with E-state index in [4.69, 9.17) is 22.3 Å². The van der Waals surface area contributed by atoms with E-state index in [2.05, 4.69) is 42.5 Å². The second-order valence-electron chi connectivity index (χ2n) is 14.1. The van der Waals surface area contributed by atoms with Crippen LogP contribution in [0.5, 0.6) is 0 Å². The van der Waals surface area contributed by atoms with E-state index in [-0.39, 0.29) is 22.6 Å². The largest absolute Gasteiger partial charge is 0.481 e. The van der Waals surface area contributed by atoms with Crippen LogP contribution in [0.25, 0.3) is 23.1 Å². The van der Waals surface area contributed by atoms with E-state index in [9.17, 15) is 15.0 Å². The first-order valence-corrected chi connectivity index (χ1v) is 17.3. The molecule has 1 atom stereocenters. The van der Waals surface area contributed by atoms with Crippen molar-refractivity contribution in [3.05, 3.63) is 112 Å². The highest BCUT2D eigenvalue weighted by atomic mass is 35.5. The number of carboxylic acid groups (broad SMARTS) is 1. The molecule has 1 aromatic heterocycles. The number of carbonyl (C=O) groups is 1. The number of carboxylic acids is 1. The van der Waals surface area contributed by atoms with Gasteiger partial charge in [-0.2, -0.15) is 11.8 Å². The summed E-state index contributed by atoms with van der Waals surface area (Å²) in [7, 11) is 0. The number of thioether (sulfide) groups is 1. The minimum Gasteiger partial charge on any atom is -0.481 e. The second kappa shape index (κ2) is 15.2. The third-order valence-corrected chi connectivity index (χ3v) is 9.76. The number of aryl methyl sites for hydroxylation is 1. The number of hydrogen-bond acceptors (Lipinski definition) is 5. The van der Waals surface area contributed by atoms with Crippen molar-refractivity contribution in [1.82, 2.24) is 4.98 Å². The van der Waals surface area contributed by atoms with Crippen molar-refractivity contribution in [3.8, 4) is 0 Å². The number of aliphatic hydroxyl groups is 1. The van der Waals surface area contributed by atoms with Crippen molar-refractivity contribution in [1.29, 1.82) is 0 Å². The van der Waals surface area contributed by atoms with E-state index in [0.29, 0.717) is 5.02 Å². The van der Waals surface area contributed by atoms with Gasteiger partial charge in [-0.1, -0.05) is 78.3 Å². The number of nitrogens with zero attached hydrogens (tertiary/aromatic N) is 1. The van der Waals surface area contributed by atoms with Gasteiger partial charge in [0.25, 0.3) is 0 Å². The molecule has 0 unspecified atom stereocenters. The Morgan fingerprint density at radius 2 is 1.70 bits per heavy atom. The van der Waals surface area contributed by atoms with E-state index in [1.54, 1.807) is 0 Å². The molecule has 46 heavy (non-hydrogen) atoms. The van der Waals surface area contributed by atoms with E-state index in [1.807, 2.05) is 94.9 Å². The van der Waals surface area contributed by atoms with Gasteiger partial charge in [-0.05, 0) is 112 Å². The average molecular weight is 659 g/mol. The summed E-state index contributed by atoms with van der Waals surface area (Å²) in [6.07, 6.45) is 8.02. The smallest absolute Gasteiger partial charge is 0.303 e. The molecule has 1 aliphatic rings. The molecule has 4 N–H and O–H groups in total. The minimum absolute atomic E-state index is 0. The average Bonchev–Trinajstić information content (AvgIpc) is 3.73. The molecule has 5 nitrogen and oxygen atoms in total. The van der Waals surface area contributed by atoms with E-state index < -0.39 is 11.6 Å². The number of pyridine rings is 1. The third kappa shape index (κ3) is 11.3. The molecular weight excluding hydrogens is 612 g/mol. The molecule has 1 saturated carbocycles. The van der Waals surface area contributed by atoms with Crippen molar-refractivity contribution in [2.45, 2.75) is 83.1 Å². The molecule has 244 valence electrons. The fourth-order valence-corrected chi connectivity index (χ4v) is 7.09. The molecular formula is C39H47ClN2O3S. The van der Waals surface area contributed by atoms with Crippen LogP contribution in [0.2, 0.25) is 5.02 Å². The predicted molar refractivity (Wildman–Crippen MR) is 195 cm³/mol. The molecule has 0 saturated heterocycles. The van der Waals surface area contributed by atoms with Crippen LogP contribution in [0.4, 0.5) is 0 Å². The normalized spacial score (nSPS) is 15.0. The summed E-state index contributed by atoms with van der Waals surface area (Å²) in [5.41, 5.74) is 10.5. The summed E-state index contributed by atoms with van der Waals surface area (Å²) in [5.74, 6) is 0.122. The summed E-state index contributed by atoms with van der Waals surface area (Å²) in [6, 6.07) is 26.5. The van der Waals surface area contributed by atoms with E-state index >= 15 is 0 Å². The highest BCUT2D eigenvalue weighted by Gasteiger charge is 2.44. The van der Waals surface area contributed by atoms with Gasteiger partial charge < -0.3 is 15.9 Å². The van der Waals surface area contributed by atoms with Crippen molar-refractivity contribution in [2.24, 2.45) is 11.1 Å². The number of rotatable bonds is 12. The first-order valence-electron chi connectivity index (χ1n) is 15.9. The Labute approximate surface area is 283 Å². The molecule has 1 fully saturated rings. The van der Waals surface area contributed by atoms with Gasteiger partial charge in [-0.15, -0.1) is 0 Å². The Balaban J connectivity index is 0.000000892. The zero-order valence-electron chi connectivity index (χ0n) is 27.6. The van der Waals surface area contributed by atoms with Crippen molar-refractivity contribution < 1.29 is 15.0 Å². The Kier molecular flexibility index (Phi) is 11.8. The SMILES string of the molecule is CC(C)(C)N.CC(C)(O)c1ccccc1CC[C@@H](SCC1(CC(=O)O)CC1)c1cccc(C=Cc2ccc3ccc(Cl)cc3n2)c1. The summed E-state index contributed by atoms with van der Waals surface area (Å²) >= 11 is 8.04. The number of hydrogen-bond donors (Lipinski definition) is 3. The maximum Gasteiger partial charge on any atom is 0.303 e. The number of halogens is 1. The van der Waals surface area contributed by atoms with Crippen LogP contribution in [0, 0.1) is 5.41 Å². The summed E-state index contributed by atoms with van der Waals surface area (Å²) < 4.78 is 0. The number of aromatic nitrogens is 1. The molecule has 0 bridgehead atoms. The van der Waals surface area contributed by atoms with Gasteiger partial charge in [0.05, 0.1) is 23.2 Å². The third-order valence-electron chi connectivity index (χ3n) is 7.83. The molecule has 1 heterocycles. The van der Waals surface area contributed by atoms with E-state index in [1.165, 1.54) is 5.56 Å². The molecule has 3 aromatic carbocycles. The molecule has 4 aromatic rings. The van der Waals surface area contributed by atoms with Crippen LogP contribution in [0.3, 0.4) is 0 Å². The topological polar surface area (TPSA) is 96.4 Å². The lowest BCUT2D eigenvalue weighted by Gasteiger charge is -2.24. The predicted octanol–water partition coefficient (Wildman–Crippen LogP) is 9.69. The number of aliphatic carboxylic acids is 1. The summed E-state index contributed by atoms with van der Waals surface area (Å²) in [6.45, 7) is 9.55. The Morgan fingerprint density at radius 3 is 2.37 bits per heavy atom. The second-order valence-corrected chi connectivity index (χ2v) is 15.7. The summed E-state index contributed by atoms with van der Waals surface area (Å²) in [4.78, 5) is 16.2. The minimum atomic E-state index is -0.911. The van der Waals surface area contributed by atoms with Gasteiger partial charge in [0.1, 0.15) is 0 Å². The van der Waals surface area contributed by atoms with Gasteiger partial charge >= 0.3 is 5.97 Å². The van der Waals surface area contributed by atoms with Crippen LogP contribution >= 0.6 is 23.4 Å². The lowest BCUT2D eigenvalue weighted by Crippen LogP contribution is -2.26. The zero-order valence-corrected chi connectivity index (χ0v) is 29.2. The van der Waals surface area contributed by atoms with Crippen LogP contribution in [0.1, 0.15) is 93.5 Å². The van der Waals surface area contributed by atoms with Gasteiger partial charge in [-0.3, -0.25) is 4.79 Å². The maximum atomic E-state index is 11.5. The van der Waals surface area contributed by atoms with Gasteiger partial charge in [0.2, 0.25) is 0 Å². The number of benzene rings is 3. The molecule has 0 spiro atoms. The highest BCUT2D eigenvalue weighted by molar-refractivity contribution is 7.99. The molecule has 0 aliphatic heterocycles. The first-order chi connectivity index (χ1) is 21.6. The quantitative estimate of drug-likeness (QED) is 0.140. The van der Waals surface area contributed by atoms with Crippen LogP contribution in [0.15, 0.2) is 78.9 Å². The molecule has 1 aliphatic carbocycles. The number of nitrogens with two attached hydrogens (primary N) is 1. The maximum absolute atomic E-state index is 11.5. The van der Waals surface area contributed by atoms with Crippen LogP contribution < -0.4 is 5.73 Å². The molecule has 7 heteroatoms. The highest BCUT2D eigenvalue weighted by Crippen LogP contribution is 2.53. The monoisotopic (exact) mass is 658 g/mol. The van der Waals surface area contributed by atoms with Crippen molar-refractivity contribution in [2.75, 3.05) is 5.75 Å². The zero-order chi connectivity index (χ0) is 33.5. The Hall–Kier alpha value is -3.16. The van der Waals surface area contributed by atoms with Crippen molar-refractivity contribution >= 4 is 52.4 Å². The summed E-state index contributed by atoms with van der Waals surface area (Å²) in [5, 5.41) is 22.1. The lowest BCUT2D eigenvalue weighted by atomic mass is 9.90. The van der Waals surface area contributed by atoms with Gasteiger partial charge in [0, 0.05) is 27.0 Å². The van der Waals surface area contributed by atoms with Gasteiger partial charge in [-0.25, -0.2) is 4.98 Å². The van der Waals surface area contributed by atoms with E-state index in [0.717, 1.165) is 64.7 Å². The van der Waals surface area contributed by atoms with Crippen LogP contribution in [-0.4, -0.2) is 32.5 Å². The molecule has 5 rings (SSSR count). The fraction of sp³-hybridized carbons (Fsp3) is 0.385.